The number of H-pyrrole nitrogens is 1. The van der Waals surface area contributed by atoms with Crippen molar-refractivity contribution in [2.75, 3.05) is 24.9 Å². The summed E-state index contributed by atoms with van der Waals surface area (Å²) >= 11 is 0. The molecule has 3 N–H and O–H groups in total. The van der Waals surface area contributed by atoms with Gasteiger partial charge in [0, 0.05) is 22.6 Å². The van der Waals surface area contributed by atoms with Gasteiger partial charge in [-0.2, -0.15) is 15.0 Å². The number of rotatable bonds is 7. The van der Waals surface area contributed by atoms with Gasteiger partial charge in [-0.3, -0.25) is 9.89 Å². The van der Waals surface area contributed by atoms with Crippen LogP contribution in [-0.4, -0.2) is 39.0 Å². The number of methoxy groups -OCH3 is 2. The number of anilines is 4. The number of nitrogens with one attached hydrogen (secondary N) is 3. The second kappa shape index (κ2) is 8.80. The Balaban J connectivity index is 1.72. The largest absolute Gasteiger partial charge is 0.497 e. The number of aromatic nitrogens is 5. The molecule has 2 heterocycles. The highest BCUT2D eigenvalue weighted by Crippen LogP contribution is 2.22. The van der Waals surface area contributed by atoms with Gasteiger partial charge < -0.3 is 20.1 Å². The number of hydrogen-bond acceptors (Lipinski definition) is 8. The fourth-order valence-electron chi connectivity index (χ4n) is 2.98. The van der Waals surface area contributed by atoms with Gasteiger partial charge in [0.1, 0.15) is 11.5 Å². The molecular formula is C22H23N7O3. The van der Waals surface area contributed by atoms with Gasteiger partial charge in [0.15, 0.2) is 0 Å². The third kappa shape index (κ3) is 4.38. The van der Waals surface area contributed by atoms with Gasteiger partial charge >= 0.3 is 0 Å². The summed E-state index contributed by atoms with van der Waals surface area (Å²) in [7, 11) is 3.22. The molecule has 10 heteroatoms. The maximum absolute atomic E-state index is 12.1. The monoisotopic (exact) mass is 433 g/mol. The highest BCUT2D eigenvalue weighted by Gasteiger charge is 2.14. The lowest BCUT2D eigenvalue weighted by atomic mass is 10.3. The van der Waals surface area contributed by atoms with E-state index >= 15 is 0 Å². The Labute approximate surface area is 184 Å². The Morgan fingerprint density at radius 2 is 1.25 bits per heavy atom. The molecule has 4 aromatic rings. The normalized spacial score (nSPS) is 10.6. The Hall–Kier alpha value is -4.34. The van der Waals surface area contributed by atoms with Gasteiger partial charge in [0.05, 0.1) is 14.2 Å². The Bertz CT molecular complexity index is 1210. The highest BCUT2D eigenvalue weighted by molar-refractivity contribution is 5.59. The van der Waals surface area contributed by atoms with E-state index in [1.54, 1.807) is 21.1 Å². The molecule has 0 amide bonds. The van der Waals surface area contributed by atoms with Crippen LogP contribution in [0.1, 0.15) is 11.3 Å². The lowest BCUT2D eigenvalue weighted by Gasteiger charge is -2.12. The maximum Gasteiger partial charge on any atom is 0.267 e. The summed E-state index contributed by atoms with van der Waals surface area (Å²) in [6.07, 6.45) is 0. The minimum absolute atomic E-state index is 0.197. The van der Waals surface area contributed by atoms with E-state index in [2.05, 4.69) is 30.7 Å². The van der Waals surface area contributed by atoms with E-state index in [-0.39, 0.29) is 11.5 Å². The van der Waals surface area contributed by atoms with E-state index in [1.807, 2.05) is 55.5 Å². The Kier molecular flexibility index (Phi) is 5.75. The Morgan fingerprint density at radius 1 is 0.781 bits per heavy atom. The molecule has 0 radical (unpaired) electrons. The average Bonchev–Trinajstić information content (AvgIpc) is 3.07. The SMILES string of the molecule is COc1ccc(Nc2nc(Nc3ccc(OC)cc3)nc(-n3[nH]c(=O)c(C)c3C)n2)cc1. The highest BCUT2D eigenvalue weighted by atomic mass is 16.5. The first-order valence-corrected chi connectivity index (χ1v) is 9.83. The van der Waals surface area contributed by atoms with Crippen molar-refractivity contribution in [3.8, 4) is 17.4 Å². The van der Waals surface area contributed by atoms with Crippen LogP contribution in [0.15, 0.2) is 53.3 Å². The van der Waals surface area contributed by atoms with Crippen LogP contribution in [0, 0.1) is 13.8 Å². The quantitative estimate of drug-likeness (QED) is 0.405. The average molecular weight is 433 g/mol. The molecule has 4 rings (SSSR count). The predicted molar refractivity (Wildman–Crippen MR) is 122 cm³/mol. The van der Waals surface area contributed by atoms with E-state index in [1.165, 1.54) is 4.68 Å². The van der Waals surface area contributed by atoms with Crippen molar-refractivity contribution in [2.45, 2.75) is 13.8 Å². The van der Waals surface area contributed by atoms with Crippen molar-refractivity contribution >= 4 is 23.3 Å². The zero-order valence-electron chi connectivity index (χ0n) is 18.1. The van der Waals surface area contributed by atoms with Gasteiger partial charge in [0.2, 0.25) is 11.9 Å². The first-order chi connectivity index (χ1) is 15.5. The molecule has 0 spiro atoms. The summed E-state index contributed by atoms with van der Waals surface area (Å²) in [6.45, 7) is 3.57. The fraction of sp³-hybridized carbons (Fsp3) is 0.182. The Morgan fingerprint density at radius 3 is 1.62 bits per heavy atom. The summed E-state index contributed by atoms with van der Waals surface area (Å²) in [5, 5.41) is 9.10. The van der Waals surface area contributed by atoms with Gasteiger partial charge in [-0.1, -0.05) is 0 Å². The predicted octanol–water partition coefficient (Wildman–Crippen LogP) is 3.47. The molecule has 0 aliphatic rings. The molecule has 0 saturated carbocycles. The number of hydrogen-bond donors (Lipinski definition) is 3. The molecule has 0 bridgehead atoms. The van der Waals surface area contributed by atoms with Crippen molar-refractivity contribution in [1.82, 2.24) is 24.7 Å². The molecule has 2 aromatic carbocycles. The van der Waals surface area contributed by atoms with Crippen molar-refractivity contribution in [3.63, 3.8) is 0 Å². The van der Waals surface area contributed by atoms with Crippen LogP contribution in [-0.2, 0) is 0 Å². The third-order valence-corrected chi connectivity index (χ3v) is 4.95. The number of nitrogens with zero attached hydrogens (tertiary/aromatic N) is 4. The minimum atomic E-state index is -0.197. The first-order valence-electron chi connectivity index (χ1n) is 9.83. The lowest BCUT2D eigenvalue weighted by molar-refractivity contribution is 0.415. The number of ether oxygens (including phenoxy) is 2. The molecule has 10 nitrogen and oxygen atoms in total. The van der Waals surface area contributed by atoms with Crippen molar-refractivity contribution in [2.24, 2.45) is 0 Å². The van der Waals surface area contributed by atoms with Crippen molar-refractivity contribution < 1.29 is 9.47 Å². The molecule has 0 fully saturated rings. The summed E-state index contributed by atoms with van der Waals surface area (Å²) in [4.78, 5) is 25.6. The van der Waals surface area contributed by atoms with Crippen molar-refractivity contribution in [1.29, 1.82) is 0 Å². The summed E-state index contributed by atoms with van der Waals surface area (Å²) in [5.41, 5.74) is 2.66. The zero-order valence-corrected chi connectivity index (χ0v) is 18.1. The minimum Gasteiger partial charge on any atom is -0.497 e. The van der Waals surface area contributed by atoms with Crippen LogP contribution in [0.3, 0.4) is 0 Å². The zero-order chi connectivity index (χ0) is 22.7. The standard InChI is InChI=1S/C22H23N7O3/c1-13-14(2)29(28-19(13)30)22-26-20(23-15-5-9-17(31-3)10-6-15)25-21(27-22)24-16-7-11-18(32-4)12-8-16/h5-12H,1-4H3,(H,28,30)(H2,23,24,25,26,27). The molecule has 0 aliphatic carbocycles. The molecule has 32 heavy (non-hydrogen) atoms. The molecule has 2 aromatic heterocycles. The third-order valence-electron chi connectivity index (χ3n) is 4.95. The van der Waals surface area contributed by atoms with Crippen molar-refractivity contribution in [3.05, 3.63) is 70.1 Å². The van der Waals surface area contributed by atoms with Gasteiger partial charge in [-0.15, -0.1) is 0 Å². The summed E-state index contributed by atoms with van der Waals surface area (Å²) < 4.78 is 11.9. The number of benzene rings is 2. The van der Waals surface area contributed by atoms with Gasteiger partial charge in [-0.05, 0) is 62.4 Å². The van der Waals surface area contributed by atoms with Crippen LogP contribution in [0.25, 0.3) is 5.95 Å². The van der Waals surface area contributed by atoms with Gasteiger partial charge in [-0.25, -0.2) is 4.68 Å². The number of aromatic amines is 1. The molecule has 0 atom stereocenters. The second-order valence-electron chi connectivity index (χ2n) is 6.98. The van der Waals surface area contributed by atoms with Crippen LogP contribution in [0.4, 0.5) is 23.3 Å². The smallest absolute Gasteiger partial charge is 0.267 e. The second-order valence-corrected chi connectivity index (χ2v) is 6.98. The van der Waals surface area contributed by atoms with Crippen LogP contribution in [0.5, 0.6) is 11.5 Å². The first kappa shape index (κ1) is 20.9. The van der Waals surface area contributed by atoms with Crippen LogP contribution in [0.2, 0.25) is 0 Å². The van der Waals surface area contributed by atoms with Crippen LogP contribution >= 0.6 is 0 Å². The summed E-state index contributed by atoms with van der Waals surface area (Å²) in [5.74, 6) is 2.37. The van der Waals surface area contributed by atoms with E-state index in [9.17, 15) is 4.79 Å². The molecule has 0 unspecified atom stereocenters. The maximum atomic E-state index is 12.1. The molecule has 164 valence electrons. The van der Waals surface area contributed by atoms with E-state index in [0.717, 1.165) is 22.9 Å². The lowest BCUT2D eigenvalue weighted by Crippen LogP contribution is -2.12. The fourth-order valence-corrected chi connectivity index (χ4v) is 2.98. The van der Waals surface area contributed by atoms with E-state index < -0.39 is 0 Å². The van der Waals surface area contributed by atoms with E-state index in [0.29, 0.717) is 23.2 Å². The summed E-state index contributed by atoms with van der Waals surface area (Å²) in [6, 6.07) is 14.7. The van der Waals surface area contributed by atoms with E-state index in [4.69, 9.17) is 9.47 Å². The molecule has 0 aliphatic heterocycles. The van der Waals surface area contributed by atoms with Gasteiger partial charge in [0.25, 0.3) is 11.5 Å². The molecule has 0 saturated heterocycles. The topological polar surface area (TPSA) is 119 Å². The van der Waals surface area contributed by atoms with Crippen LogP contribution < -0.4 is 25.7 Å². The molecular weight excluding hydrogens is 410 g/mol.